The van der Waals surface area contributed by atoms with Crippen LogP contribution in [0.2, 0.25) is 0 Å². The zero-order valence-corrected chi connectivity index (χ0v) is 20.1. The number of hydrogen-bond acceptors (Lipinski definition) is 5. The number of nitrogens with two attached hydrogens (primary N) is 1. The number of hydrogen-bond donors (Lipinski definition) is 1. The second-order valence-corrected chi connectivity index (χ2v) is 7.66. The minimum Gasteiger partial charge on any atom is -0.466 e. The zero-order valence-electron chi connectivity index (χ0n) is 17.7. The molecular formula is C19H37IN4O4. The third-order valence-electron chi connectivity index (χ3n) is 4.12. The minimum absolute atomic E-state index is 0. The van der Waals surface area contributed by atoms with Gasteiger partial charge in [-0.3, -0.25) is 9.79 Å². The number of rotatable bonds is 8. The van der Waals surface area contributed by atoms with E-state index in [0.717, 1.165) is 25.7 Å². The number of nitrogens with zero attached hydrogens (tertiary/aromatic N) is 3. The van der Waals surface area contributed by atoms with Crippen molar-refractivity contribution in [2.24, 2.45) is 10.7 Å². The highest BCUT2D eigenvalue weighted by Crippen LogP contribution is 2.12. The second kappa shape index (κ2) is 13.8. The fraction of sp³-hybridized carbons (Fsp3) is 0.842. The van der Waals surface area contributed by atoms with E-state index in [-0.39, 0.29) is 36.0 Å². The average Bonchev–Trinajstić information content (AvgIpc) is 2.59. The van der Waals surface area contributed by atoms with Gasteiger partial charge in [0.2, 0.25) is 0 Å². The highest BCUT2D eigenvalue weighted by atomic mass is 127. The summed E-state index contributed by atoms with van der Waals surface area (Å²) in [7, 11) is 0. The van der Waals surface area contributed by atoms with Gasteiger partial charge < -0.3 is 25.0 Å². The van der Waals surface area contributed by atoms with Gasteiger partial charge in [0.15, 0.2) is 5.96 Å². The van der Waals surface area contributed by atoms with Gasteiger partial charge in [-0.1, -0.05) is 12.8 Å². The summed E-state index contributed by atoms with van der Waals surface area (Å²) in [5, 5.41) is 0. The standard InChI is InChI=1S/C19H36N4O4.HI/c1-5-26-16(24)10-8-6-7-9-11-21-17(20)22-12-14-23(15-13-22)18(25)27-19(2,3)4;/h5-15H2,1-4H3,(H2,20,21);1H. The molecule has 164 valence electrons. The molecule has 1 heterocycles. The summed E-state index contributed by atoms with van der Waals surface area (Å²) in [6.45, 7) is 11.0. The molecule has 1 aliphatic rings. The summed E-state index contributed by atoms with van der Waals surface area (Å²) in [5.41, 5.74) is 5.58. The first-order valence-electron chi connectivity index (χ1n) is 9.91. The van der Waals surface area contributed by atoms with E-state index < -0.39 is 5.60 Å². The molecule has 2 N–H and O–H groups in total. The Morgan fingerprint density at radius 2 is 1.57 bits per heavy atom. The number of ether oxygens (including phenoxy) is 2. The quantitative estimate of drug-likeness (QED) is 0.177. The van der Waals surface area contributed by atoms with Crippen molar-refractivity contribution in [2.45, 2.75) is 65.4 Å². The summed E-state index contributed by atoms with van der Waals surface area (Å²) in [6.07, 6.45) is 4.01. The van der Waals surface area contributed by atoms with Crippen LogP contribution in [0.25, 0.3) is 0 Å². The number of carbonyl (C=O) groups excluding carboxylic acids is 2. The van der Waals surface area contributed by atoms with Crippen LogP contribution >= 0.6 is 24.0 Å². The third-order valence-corrected chi connectivity index (χ3v) is 4.12. The largest absolute Gasteiger partial charge is 0.466 e. The maximum absolute atomic E-state index is 12.1. The van der Waals surface area contributed by atoms with Gasteiger partial charge in [-0.25, -0.2) is 4.79 Å². The maximum atomic E-state index is 12.1. The van der Waals surface area contributed by atoms with Crippen molar-refractivity contribution >= 4 is 42.0 Å². The molecule has 0 spiro atoms. The van der Waals surface area contributed by atoms with Crippen LogP contribution in [0.3, 0.4) is 0 Å². The van der Waals surface area contributed by atoms with Gasteiger partial charge in [-0.05, 0) is 40.5 Å². The molecule has 0 saturated carbocycles. The molecule has 0 atom stereocenters. The molecule has 1 fully saturated rings. The monoisotopic (exact) mass is 512 g/mol. The highest BCUT2D eigenvalue weighted by molar-refractivity contribution is 14.0. The Kier molecular flexibility index (Phi) is 13.2. The van der Waals surface area contributed by atoms with E-state index >= 15 is 0 Å². The van der Waals surface area contributed by atoms with Crippen LogP contribution in [-0.2, 0) is 14.3 Å². The summed E-state index contributed by atoms with van der Waals surface area (Å²) in [5.74, 6) is 0.413. The molecule has 0 unspecified atom stereocenters. The van der Waals surface area contributed by atoms with Crippen LogP contribution in [0.15, 0.2) is 4.99 Å². The van der Waals surface area contributed by atoms with Gasteiger partial charge >= 0.3 is 12.1 Å². The molecule has 0 aromatic carbocycles. The fourth-order valence-corrected chi connectivity index (χ4v) is 2.71. The van der Waals surface area contributed by atoms with Crippen molar-refractivity contribution in [2.75, 3.05) is 39.3 Å². The Labute approximate surface area is 186 Å². The lowest BCUT2D eigenvalue weighted by atomic mass is 10.1. The van der Waals surface area contributed by atoms with E-state index in [9.17, 15) is 9.59 Å². The van der Waals surface area contributed by atoms with Gasteiger partial charge in [0, 0.05) is 39.1 Å². The number of piperazine rings is 1. The smallest absolute Gasteiger partial charge is 0.410 e. The van der Waals surface area contributed by atoms with Crippen molar-refractivity contribution in [3.63, 3.8) is 0 Å². The molecular weight excluding hydrogens is 475 g/mol. The first-order chi connectivity index (χ1) is 12.7. The molecule has 0 bridgehead atoms. The summed E-state index contributed by atoms with van der Waals surface area (Å²) in [6, 6.07) is 0. The topological polar surface area (TPSA) is 97.5 Å². The minimum atomic E-state index is -0.481. The lowest BCUT2D eigenvalue weighted by Crippen LogP contribution is -2.53. The number of aliphatic imine (C=N–C) groups is 1. The number of unbranched alkanes of at least 4 members (excludes halogenated alkanes) is 3. The molecule has 1 saturated heterocycles. The van der Waals surface area contributed by atoms with Crippen molar-refractivity contribution < 1.29 is 19.1 Å². The lowest BCUT2D eigenvalue weighted by Gasteiger charge is -2.36. The summed E-state index contributed by atoms with van der Waals surface area (Å²) >= 11 is 0. The van der Waals surface area contributed by atoms with Gasteiger partial charge in [-0.2, -0.15) is 0 Å². The molecule has 0 aliphatic carbocycles. The van der Waals surface area contributed by atoms with Crippen LogP contribution in [0, 0.1) is 0 Å². The number of carbonyl (C=O) groups is 2. The molecule has 1 aliphatic heterocycles. The zero-order chi connectivity index (χ0) is 20.3. The van der Waals surface area contributed by atoms with Gasteiger partial charge in [0.25, 0.3) is 0 Å². The molecule has 8 nitrogen and oxygen atoms in total. The Morgan fingerprint density at radius 1 is 1.00 bits per heavy atom. The molecule has 0 aromatic heterocycles. The Bertz CT molecular complexity index is 501. The van der Waals surface area contributed by atoms with Crippen LogP contribution in [-0.4, -0.2) is 72.8 Å². The number of halogens is 1. The van der Waals surface area contributed by atoms with E-state index in [1.165, 1.54) is 0 Å². The van der Waals surface area contributed by atoms with Crippen molar-refractivity contribution in [1.29, 1.82) is 0 Å². The lowest BCUT2D eigenvalue weighted by molar-refractivity contribution is -0.143. The van der Waals surface area contributed by atoms with Crippen molar-refractivity contribution in [3.05, 3.63) is 0 Å². The van der Waals surface area contributed by atoms with Crippen LogP contribution in [0.4, 0.5) is 4.79 Å². The molecule has 0 aromatic rings. The van der Waals surface area contributed by atoms with E-state index in [1.807, 2.05) is 32.6 Å². The van der Waals surface area contributed by atoms with E-state index in [2.05, 4.69) is 4.99 Å². The van der Waals surface area contributed by atoms with Crippen molar-refractivity contribution in [1.82, 2.24) is 9.80 Å². The first-order valence-corrected chi connectivity index (χ1v) is 9.91. The van der Waals surface area contributed by atoms with Crippen molar-refractivity contribution in [3.8, 4) is 0 Å². The Balaban J connectivity index is 0.00000729. The first kappa shape index (κ1) is 26.7. The molecule has 9 heteroatoms. The van der Waals surface area contributed by atoms with Crippen LogP contribution in [0.5, 0.6) is 0 Å². The normalized spacial score (nSPS) is 15.1. The van der Waals surface area contributed by atoms with Gasteiger partial charge in [0.1, 0.15) is 5.60 Å². The number of guanidine groups is 1. The molecule has 1 amide bonds. The van der Waals surface area contributed by atoms with Crippen LogP contribution < -0.4 is 5.73 Å². The number of esters is 1. The fourth-order valence-electron chi connectivity index (χ4n) is 2.71. The predicted molar refractivity (Wildman–Crippen MR) is 121 cm³/mol. The maximum Gasteiger partial charge on any atom is 0.410 e. The van der Waals surface area contributed by atoms with Crippen LogP contribution in [0.1, 0.15) is 59.8 Å². The third kappa shape index (κ3) is 11.6. The van der Waals surface area contributed by atoms with Gasteiger partial charge in [0.05, 0.1) is 6.61 Å². The molecule has 1 rings (SSSR count). The Morgan fingerprint density at radius 3 is 2.14 bits per heavy atom. The molecule has 0 radical (unpaired) electrons. The molecule has 28 heavy (non-hydrogen) atoms. The Hall–Kier alpha value is -1.26. The van der Waals surface area contributed by atoms with Gasteiger partial charge in [-0.15, -0.1) is 24.0 Å². The van der Waals surface area contributed by atoms with E-state index in [4.69, 9.17) is 15.2 Å². The van der Waals surface area contributed by atoms with E-state index in [1.54, 1.807) is 4.90 Å². The summed E-state index contributed by atoms with van der Waals surface area (Å²) < 4.78 is 10.3. The van der Waals surface area contributed by atoms with E-state index in [0.29, 0.717) is 51.7 Å². The average molecular weight is 512 g/mol. The SMILES string of the molecule is CCOC(=O)CCCCCCN=C(N)N1CCN(C(=O)OC(C)(C)C)CC1.I. The highest BCUT2D eigenvalue weighted by Gasteiger charge is 2.26. The predicted octanol–water partition coefficient (Wildman–Crippen LogP) is 2.99. The number of amides is 1. The summed E-state index contributed by atoms with van der Waals surface area (Å²) in [4.78, 5) is 31.4. The second-order valence-electron chi connectivity index (χ2n) is 7.66.